The van der Waals surface area contributed by atoms with E-state index in [-0.39, 0.29) is 6.10 Å². The molecule has 0 heterocycles. The highest BCUT2D eigenvalue weighted by molar-refractivity contribution is 5.42. The summed E-state index contributed by atoms with van der Waals surface area (Å²) >= 11 is 0. The molecule has 0 aromatic heterocycles. The lowest BCUT2D eigenvalue weighted by Gasteiger charge is -2.19. The Labute approximate surface area is 119 Å². The maximum atomic E-state index is 5.67. The van der Waals surface area contributed by atoms with Crippen molar-refractivity contribution >= 4 is 0 Å². The van der Waals surface area contributed by atoms with Gasteiger partial charge in [-0.05, 0) is 17.7 Å². The maximum Gasteiger partial charge on any atom is 0.148 e. The second-order valence-electron chi connectivity index (χ2n) is 4.24. The first kappa shape index (κ1) is 14.0. The van der Waals surface area contributed by atoms with Crippen molar-refractivity contribution in [3.63, 3.8) is 0 Å². The van der Waals surface area contributed by atoms with Crippen LogP contribution in [0.2, 0.25) is 0 Å². The monoisotopic (exact) mass is 270 g/mol. The van der Waals surface area contributed by atoms with Crippen LogP contribution in [0.4, 0.5) is 0 Å². The molecule has 0 spiro atoms. The van der Waals surface area contributed by atoms with Gasteiger partial charge in [0, 0.05) is 11.6 Å². The fourth-order valence-electron chi connectivity index (χ4n) is 2.05. The minimum atomic E-state index is -0.238. The molecule has 0 N–H and O–H groups in total. The van der Waals surface area contributed by atoms with Gasteiger partial charge in [-0.1, -0.05) is 36.9 Å². The molecule has 104 valence electrons. The summed E-state index contributed by atoms with van der Waals surface area (Å²) in [7, 11) is 3.26. The molecule has 0 saturated carbocycles. The Morgan fingerprint density at radius 1 is 0.900 bits per heavy atom. The van der Waals surface area contributed by atoms with Gasteiger partial charge in [-0.3, -0.25) is 0 Å². The summed E-state index contributed by atoms with van der Waals surface area (Å²) in [5.74, 6) is 1.46. The van der Waals surface area contributed by atoms with Crippen molar-refractivity contribution in [1.29, 1.82) is 0 Å². The summed E-state index contributed by atoms with van der Waals surface area (Å²) in [6.45, 7) is 3.65. The Kier molecular flexibility index (Phi) is 4.66. The normalized spacial score (nSPS) is 11.5. The van der Waals surface area contributed by atoms with Gasteiger partial charge in [-0.2, -0.15) is 0 Å². The molecule has 2 aromatic rings. The minimum Gasteiger partial charge on any atom is -0.497 e. The molecule has 20 heavy (non-hydrogen) atoms. The van der Waals surface area contributed by atoms with Crippen LogP contribution >= 0.6 is 0 Å². The van der Waals surface area contributed by atoms with E-state index >= 15 is 0 Å². The van der Waals surface area contributed by atoms with E-state index in [0.717, 1.165) is 22.6 Å². The molecule has 2 rings (SSSR count). The first-order valence-electron chi connectivity index (χ1n) is 6.32. The van der Waals surface area contributed by atoms with Crippen LogP contribution in [0.25, 0.3) is 0 Å². The number of hydrogen-bond acceptors (Lipinski definition) is 3. The molecule has 0 saturated heterocycles. The zero-order chi connectivity index (χ0) is 14.4. The number of methoxy groups -OCH3 is 2. The van der Waals surface area contributed by atoms with Crippen molar-refractivity contribution in [2.75, 3.05) is 14.2 Å². The average molecular weight is 270 g/mol. The van der Waals surface area contributed by atoms with Crippen LogP contribution in [0.15, 0.2) is 61.4 Å². The van der Waals surface area contributed by atoms with E-state index < -0.39 is 0 Å². The predicted molar refractivity (Wildman–Crippen MR) is 79.1 cm³/mol. The van der Waals surface area contributed by atoms with Crippen molar-refractivity contribution < 1.29 is 14.2 Å². The van der Waals surface area contributed by atoms with Crippen LogP contribution in [0, 0.1) is 0 Å². The van der Waals surface area contributed by atoms with Gasteiger partial charge in [0.05, 0.1) is 20.5 Å². The quantitative estimate of drug-likeness (QED) is 0.744. The van der Waals surface area contributed by atoms with Gasteiger partial charge >= 0.3 is 0 Å². The fourth-order valence-corrected chi connectivity index (χ4v) is 2.05. The molecule has 1 atom stereocenters. The van der Waals surface area contributed by atoms with Crippen molar-refractivity contribution in [3.8, 4) is 11.5 Å². The van der Waals surface area contributed by atoms with Gasteiger partial charge < -0.3 is 14.2 Å². The minimum absolute atomic E-state index is 0.238. The lowest BCUT2D eigenvalue weighted by Crippen LogP contribution is -2.03. The summed E-state index contributed by atoms with van der Waals surface area (Å²) < 4.78 is 16.3. The maximum absolute atomic E-state index is 5.67. The van der Waals surface area contributed by atoms with Crippen LogP contribution in [0.5, 0.6) is 11.5 Å². The molecule has 0 radical (unpaired) electrons. The predicted octanol–water partition coefficient (Wildman–Crippen LogP) is 3.95. The van der Waals surface area contributed by atoms with Crippen LogP contribution < -0.4 is 9.47 Å². The van der Waals surface area contributed by atoms with Gasteiger partial charge in [0.25, 0.3) is 0 Å². The zero-order valence-corrected chi connectivity index (χ0v) is 11.7. The summed E-state index contributed by atoms with van der Waals surface area (Å²) in [5.41, 5.74) is 2.00. The van der Waals surface area contributed by atoms with Gasteiger partial charge in [0.2, 0.25) is 0 Å². The van der Waals surface area contributed by atoms with E-state index in [4.69, 9.17) is 14.2 Å². The second kappa shape index (κ2) is 6.66. The molecular weight excluding hydrogens is 252 g/mol. The molecule has 3 heteroatoms. The Hall–Kier alpha value is -2.42. The van der Waals surface area contributed by atoms with Gasteiger partial charge in [0.1, 0.15) is 17.6 Å². The van der Waals surface area contributed by atoms with E-state index in [1.54, 1.807) is 14.2 Å². The SMILES string of the molecule is C=CO[C@@H](c1ccccc1)c1cc(OC)cc(OC)c1. The highest BCUT2D eigenvalue weighted by atomic mass is 16.5. The number of benzene rings is 2. The first-order valence-corrected chi connectivity index (χ1v) is 6.32. The van der Waals surface area contributed by atoms with Gasteiger partial charge in [-0.25, -0.2) is 0 Å². The molecule has 2 aromatic carbocycles. The molecule has 0 aliphatic carbocycles. The largest absolute Gasteiger partial charge is 0.497 e. The van der Waals surface area contributed by atoms with Crippen LogP contribution in [-0.4, -0.2) is 14.2 Å². The van der Waals surface area contributed by atoms with E-state index in [9.17, 15) is 0 Å². The third kappa shape index (κ3) is 3.12. The van der Waals surface area contributed by atoms with Crippen molar-refractivity contribution in [2.45, 2.75) is 6.10 Å². The summed E-state index contributed by atoms with van der Waals surface area (Å²) in [6.07, 6.45) is 1.21. The zero-order valence-electron chi connectivity index (χ0n) is 11.7. The number of hydrogen-bond donors (Lipinski definition) is 0. The van der Waals surface area contributed by atoms with Gasteiger partial charge in [-0.15, -0.1) is 0 Å². The topological polar surface area (TPSA) is 27.7 Å². The molecular formula is C17H18O3. The molecule has 0 fully saturated rings. The Morgan fingerprint density at radius 2 is 1.50 bits per heavy atom. The Morgan fingerprint density at radius 3 is 2.00 bits per heavy atom. The lowest BCUT2D eigenvalue weighted by molar-refractivity contribution is 0.183. The molecule has 0 bridgehead atoms. The molecule has 0 unspecified atom stereocenters. The summed E-state index contributed by atoms with van der Waals surface area (Å²) in [4.78, 5) is 0. The van der Waals surface area contributed by atoms with Gasteiger partial charge in [0.15, 0.2) is 0 Å². The van der Waals surface area contributed by atoms with E-state index in [1.165, 1.54) is 6.26 Å². The van der Waals surface area contributed by atoms with E-state index in [0.29, 0.717) is 0 Å². The fraction of sp³-hybridized carbons (Fsp3) is 0.176. The van der Waals surface area contributed by atoms with Crippen LogP contribution in [0.3, 0.4) is 0 Å². The van der Waals surface area contributed by atoms with Crippen LogP contribution in [-0.2, 0) is 4.74 Å². The van der Waals surface area contributed by atoms with Crippen molar-refractivity contribution in [1.82, 2.24) is 0 Å². The smallest absolute Gasteiger partial charge is 0.148 e. The van der Waals surface area contributed by atoms with Crippen molar-refractivity contribution in [2.24, 2.45) is 0 Å². The van der Waals surface area contributed by atoms with Crippen molar-refractivity contribution in [3.05, 3.63) is 72.5 Å². The Bertz CT molecular complexity index is 541. The highest BCUT2D eigenvalue weighted by Crippen LogP contribution is 2.32. The second-order valence-corrected chi connectivity index (χ2v) is 4.24. The molecule has 0 aliphatic heterocycles. The van der Waals surface area contributed by atoms with Crippen LogP contribution in [0.1, 0.15) is 17.2 Å². The summed E-state index contributed by atoms with van der Waals surface area (Å²) in [6, 6.07) is 15.7. The van der Waals surface area contributed by atoms with E-state index in [2.05, 4.69) is 6.58 Å². The molecule has 0 amide bonds. The highest BCUT2D eigenvalue weighted by Gasteiger charge is 2.16. The average Bonchev–Trinajstić information content (AvgIpc) is 2.52. The standard InChI is InChI=1S/C17H18O3/c1-4-20-17(13-8-6-5-7-9-13)14-10-15(18-2)12-16(11-14)19-3/h4-12,17H,1H2,2-3H3/t17-/m0/s1. The third-order valence-corrected chi connectivity index (χ3v) is 3.01. The third-order valence-electron chi connectivity index (χ3n) is 3.01. The molecule has 0 aliphatic rings. The summed E-state index contributed by atoms with van der Waals surface area (Å²) in [5, 5.41) is 0. The lowest BCUT2D eigenvalue weighted by atomic mass is 10.0. The Balaban J connectivity index is 2.46. The van der Waals surface area contributed by atoms with E-state index in [1.807, 2.05) is 48.5 Å². The number of ether oxygens (including phenoxy) is 3. The first-order chi connectivity index (χ1) is 9.78. The number of rotatable bonds is 6. The molecule has 3 nitrogen and oxygen atoms in total.